The molecule has 6 nitrogen and oxygen atoms in total. The first kappa shape index (κ1) is 18.0. The number of aromatic nitrogens is 2. The molecule has 0 saturated carbocycles. The molecule has 0 amide bonds. The number of methoxy groups -OCH3 is 1. The van der Waals surface area contributed by atoms with Gasteiger partial charge in [-0.1, -0.05) is 30.3 Å². The monoisotopic (exact) mass is 329 g/mol. The Labute approximate surface area is 143 Å². The van der Waals surface area contributed by atoms with Gasteiger partial charge in [-0.15, -0.1) is 0 Å². The third kappa shape index (κ3) is 6.42. The molecule has 2 aromatic rings. The number of guanidine groups is 1. The van der Waals surface area contributed by atoms with Gasteiger partial charge in [0.05, 0.1) is 19.3 Å². The Bertz CT molecular complexity index is 609. The van der Waals surface area contributed by atoms with Crippen LogP contribution in [0.4, 0.5) is 0 Å². The summed E-state index contributed by atoms with van der Waals surface area (Å²) in [5, 5.41) is 11.0. The first-order chi connectivity index (χ1) is 11.8. The number of hydrogen-bond acceptors (Lipinski definition) is 3. The zero-order chi connectivity index (χ0) is 17.0. The van der Waals surface area contributed by atoms with E-state index >= 15 is 0 Å². The third-order valence-corrected chi connectivity index (χ3v) is 3.46. The first-order valence-corrected chi connectivity index (χ1v) is 8.38. The molecule has 0 spiro atoms. The molecule has 0 radical (unpaired) electrons. The number of hydrogen-bond donors (Lipinski definition) is 2. The fourth-order valence-electron chi connectivity index (χ4n) is 2.28. The lowest BCUT2D eigenvalue weighted by Gasteiger charge is -2.10. The zero-order valence-corrected chi connectivity index (χ0v) is 14.5. The van der Waals surface area contributed by atoms with Gasteiger partial charge in [-0.2, -0.15) is 5.10 Å². The predicted octanol–water partition coefficient (Wildman–Crippen LogP) is 2.02. The highest BCUT2D eigenvalue weighted by Gasteiger charge is 2.01. The number of benzene rings is 1. The van der Waals surface area contributed by atoms with Gasteiger partial charge < -0.3 is 15.4 Å². The maximum Gasteiger partial charge on any atom is 0.191 e. The van der Waals surface area contributed by atoms with Crippen molar-refractivity contribution in [2.24, 2.45) is 4.99 Å². The van der Waals surface area contributed by atoms with E-state index in [2.05, 4.69) is 39.8 Å². The van der Waals surface area contributed by atoms with Crippen LogP contribution in [0.25, 0.3) is 0 Å². The van der Waals surface area contributed by atoms with E-state index in [1.54, 1.807) is 7.11 Å². The fourth-order valence-corrected chi connectivity index (χ4v) is 2.28. The van der Waals surface area contributed by atoms with Gasteiger partial charge in [0.2, 0.25) is 0 Å². The van der Waals surface area contributed by atoms with E-state index < -0.39 is 0 Å². The highest BCUT2D eigenvalue weighted by molar-refractivity contribution is 5.79. The van der Waals surface area contributed by atoms with E-state index in [9.17, 15) is 0 Å². The Balaban J connectivity index is 1.86. The molecule has 1 aromatic carbocycles. The lowest BCUT2D eigenvalue weighted by Crippen LogP contribution is -2.38. The summed E-state index contributed by atoms with van der Waals surface area (Å²) in [5.41, 5.74) is 2.34. The average Bonchev–Trinajstić information content (AvgIpc) is 3.05. The number of aliphatic imine (C=N–C) groups is 1. The molecule has 0 unspecified atom stereocenters. The van der Waals surface area contributed by atoms with Crippen molar-refractivity contribution in [1.29, 1.82) is 0 Å². The van der Waals surface area contributed by atoms with Crippen molar-refractivity contribution >= 4 is 5.96 Å². The Hall–Kier alpha value is -2.34. The molecule has 0 aliphatic carbocycles. The molecule has 24 heavy (non-hydrogen) atoms. The molecule has 0 saturated heterocycles. The van der Waals surface area contributed by atoms with Gasteiger partial charge in [-0.05, 0) is 18.9 Å². The van der Waals surface area contributed by atoms with E-state index in [0.29, 0.717) is 6.54 Å². The summed E-state index contributed by atoms with van der Waals surface area (Å²) in [6, 6.07) is 10.3. The minimum atomic E-state index is 0.606. The van der Waals surface area contributed by atoms with Gasteiger partial charge in [0.1, 0.15) is 0 Å². The molecular weight excluding hydrogens is 302 g/mol. The van der Waals surface area contributed by atoms with E-state index in [0.717, 1.165) is 44.2 Å². The largest absolute Gasteiger partial charge is 0.385 e. The molecule has 1 heterocycles. The maximum atomic E-state index is 5.05. The quantitative estimate of drug-likeness (QED) is 0.420. The Morgan fingerprint density at radius 3 is 2.79 bits per heavy atom. The van der Waals surface area contributed by atoms with Gasteiger partial charge >= 0.3 is 0 Å². The van der Waals surface area contributed by atoms with Crippen LogP contribution in [0.3, 0.4) is 0 Å². The standard InChI is InChI=1S/C18H27N5O/c1-3-19-18(20-10-7-11-24-2)21-12-17-13-22-23(15-17)14-16-8-5-4-6-9-16/h4-6,8-9,13,15H,3,7,10-12,14H2,1-2H3,(H2,19,20,21). The molecule has 6 heteroatoms. The third-order valence-electron chi connectivity index (χ3n) is 3.46. The molecule has 130 valence electrons. The summed E-state index contributed by atoms with van der Waals surface area (Å²) in [4.78, 5) is 4.60. The van der Waals surface area contributed by atoms with Crippen LogP contribution in [0.5, 0.6) is 0 Å². The summed E-state index contributed by atoms with van der Waals surface area (Å²) in [6.07, 6.45) is 4.88. The lowest BCUT2D eigenvalue weighted by molar-refractivity contribution is 0.195. The van der Waals surface area contributed by atoms with Gasteiger partial charge in [0, 0.05) is 38.6 Å². The van der Waals surface area contributed by atoms with Crippen LogP contribution >= 0.6 is 0 Å². The molecule has 0 aliphatic heterocycles. The number of nitrogens with zero attached hydrogens (tertiary/aromatic N) is 3. The highest BCUT2D eigenvalue weighted by atomic mass is 16.5. The lowest BCUT2D eigenvalue weighted by atomic mass is 10.2. The number of nitrogens with one attached hydrogen (secondary N) is 2. The Morgan fingerprint density at radius 1 is 1.21 bits per heavy atom. The van der Waals surface area contributed by atoms with Gasteiger partial charge in [-0.3, -0.25) is 4.68 Å². The average molecular weight is 329 g/mol. The van der Waals surface area contributed by atoms with Crippen molar-refractivity contribution in [2.45, 2.75) is 26.4 Å². The zero-order valence-electron chi connectivity index (χ0n) is 14.5. The molecule has 0 atom stereocenters. The van der Waals surface area contributed by atoms with Crippen LogP contribution in [-0.2, 0) is 17.8 Å². The van der Waals surface area contributed by atoms with Gasteiger partial charge in [0.15, 0.2) is 5.96 Å². The van der Waals surface area contributed by atoms with Crippen LogP contribution in [0.15, 0.2) is 47.7 Å². The van der Waals surface area contributed by atoms with Crippen molar-refractivity contribution < 1.29 is 4.74 Å². The minimum absolute atomic E-state index is 0.606. The summed E-state index contributed by atoms with van der Waals surface area (Å²) < 4.78 is 7.00. The van der Waals surface area contributed by atoms with Crippen molar-refractivity contribution in [2.75, 3.05) is 26.8 Å². The second-order valence-electron chi connectivity index (χ2n) is 5.50. The first-order valence-electron chi connectivity index (χ1n) is 8.38. The molecular formula is C18H27N5O. The molecule has 2 rings (SSSR count). The van der Waals surface area contributed by atoms with Crippen LogP contribution < -0.4 is 10.6 Å². The van der Waals surface area contributed by atoms with Gasteiger partial charge in [0.25, 0.3) is 0 Å². The van der Waals surface area contributed by atoms with Crippen LogP contribution in [0, 0.1) is 0 Å². The molecule has 2 N–H and O–H groups in total. The van der Waals surface area contributed by atoms with Crippen molar-refractivity contribution in [1.82, 2.24) is 20.4 Å². The summed E-state index contributed by atoms with van der Waals surface area (Å²) in [5.74, 6) is 0.824. The second-order valence-corrected chi connectivity index (χ2v) is 5.50. The van der Waals surface area contributed by atoms with E-state index in [4.69, 9.17) is 4.74 Å². The maximum absolute atomic E-state index is 5.05. The topological polar surface area (TPSA) is 63.5 Å². The van der Waals surface area contributed by atoms with Crippen molar-refractivity contribution in [3.8, 4) is 0 Å². The molecule has 1 aromatic heterocycles. The van der Waals surface area contributed by atoms with Crippen molar-refractivity contribution in [3.63, 3.8) is 0 Å². The van der Waals surface area contributed by atoms with E-state index in [1.165, 1.54) is 5.56 Å². The normalized spacial score (nSPS) is 11.5. The van der Waals surface area contributed by atoms with Gasteiger partial charge in [-0.25, -0.2) is 4.99 Å². The number of ether oxygens (including phenoxy) is 1. The Morgan fingerprint density at radius 2 is 2.04 bits per heavy atom. The van der Waals surface area contributed by atoms with Crippen LogP contribution in [-0.4, -0.2) is 42.5 Å². The van der Waals surface area contributed by atoms with Crippen LogP contribution in [0.1, 0.15) is 24.5 Å². The smallest absolute Gasteiger partial charge is 0.191 e. The predicted molar refractivity (Wildman–Crippen MR) is 97.1 cm³/mol. The SMILES string of the molecule is CCNC(=NCc1cnn(Cc2ccccc2)c1)NCCCOC. The molecule has 0 fully saturated rings. The highest BCUT2D eigenvalue weighted by Crippen LogP contribution is 2.05. The van der Waals surface area contributed by atoms with E-state index in [-0.39, 0.29) is 0 Å². The number of rotatable bonds is 9. The second kappa shape index (κ2) is 10.4. The Kier molecular flexibility index (Phi) is 7.83. The molecule has 0 bridgehead atoms. The minimum Gasteiger partial charge on any atom is -0.385 e. The summed E-state index contributed by atoms with van der Waals surface area (Å²) in [7, 11) is 1.71. The van der Waals surface area contributed by atoms with E-state index in [1.807, 2.05) is 35.3 Å². The summed E-state index contributed by atoms with van der Waals surface area (Å²) >= 11 is 0. The molecule has 0 aliphatic rings. The summed E-state index contributed by atoms with van der Waals surface area (Å²) in [6.45, 7) is 5.87. The fraction of sp³-hybridized carbons (Fsp3) is 0.444. The van der Waals surface area contributed by atoms with Crippen molar-refractivity contribution in [3.05, 3.63) is 53.9 Å². The van der Waals surface area contributed by atoms with Crippen LogP contribution in [0.2, 0.25) is 0 Å².